The van der Waals surface area contributed by atoms with Crippen LogP contribution in [0, 0.1) is 13.8 Å². The van der Waals surface area contributed by atoms with Crippen LogP contribution < -0.4 is 5.32 Å². The molecule has 0 aliphatic carbocycles. The summed E-state index contributed by atoms with van der Waals surface area (Å²) in [5.74, 6) is -2.71. The Hall–Kier alpha value is -3.42. The van der Waals surface area contributed by atoms with Crippen LogP contribution in [0.5, 0.6) is 0 Å². The van der Waals surface area contributed by atoms with Crippen molar-refractivity contribution in [3.63, 3.8) is 0 Å². The molecule has 142 valence electrons. The predicted octanol–water partition coefficient (Wildman–Crippen LogP) is 1.92. The molecule has 27 heavy (non-hydrogen) atoms. The quantitative estimate of drug-likeness (QED) is 0.749. The lowest BCUT2D eigenvalue weighted by molar-refractivity contribution is -0.123. The van der Waals surface area contributed by atoms with Gasteiger partial charge in [0.2, 0.25) is 0 Å². The number of aryl methyl sites for hydroxylation is 1. The summed E-state index contributed by atoms with van der Waals surface area (Å²) in [6.45, 7) is 4.45. The van der Waals surface area contributed by atoms with Gasteiger partial charge in [0.15, 0.2) is 6.61 Å². The largest absolute Gasteiger partial charge is 0.462 e. The molecule has 2 rings (SSSR count). The second-order valence-electron chi connectivity index (χ2n) is 5.66. The van der Waals surface area contributed by atoms with E-state index in [-0.39, 0.29) is 17.9 Å². The van der Waals surface area contributed by atoms with Crippen molar-refractivity contribution < 1.29 is 28.7 Å². The molecule has 0 bridgehead atoms. The van der Waals surface area contributed by atoms with E-state index in [0.717, 1.165) is 0 Å². The molecular weight excluding hydrogens is 352 g/mol. The van der Waals surface area contributed by atoms with Gasteiger partial charge in [0.25, 0.3) is 11.8 Å². The third kappa shape index (κ3) is 4.81. The number of hydrogen-bond donors (Lipinski definition) is 2. The number of aromatic amines is 1. The zero-order chi connectivity index (χ0) is 20.0. The molecule has 1 aromatic heterocycles. The van der Waals surface area contributed by atoms with Gasteiger partial charge in [-0.25, -0.2) is 9.59 Å². The normalized spacial score (nSPS) is 10.2. The van der Waals surface area contributed by atoms with Gasteiger partial charge >= 0.3 is 11.9 Å². The first kappa shape index (κ1) is 19.9. The number of carbonyl (C=O) groups excluding carboxylic acids is 4. The smallest absolute Gasteiger partial charge is 0.355 e. The minimum Gasteiger partial charge on any atom is -0.462 e. The summed E-state index contributed by atoms with van der Waals surface area (Å²) in [4.78, 5) is 50.6. The molecule has 8 nitrogen and oxygen atoms in total. The molecule has 0 radical (unpaired) electrons. The molecule has 0 atom stereocenters. The number of imide groups is 1. The summed E-state index contributed by atoms with van der Waals surface area (Å²) in [6, 6.07) is 8.17. The van der Waals surface area contributed by atoms with Crippen LogP contribution in [0.1, 0.15) is 49.4 Å². The molecule has 1 heterocycles. The fourth-order valence-corrected chi connectivity index (χ4v) is 2.49. The molecule has 1 aromatic carbocycles. The van der Waals surface area contributed by atoms with Gasteiger partial charge in [-0.05, 0) is 38.5 Å². The summed E-state index contributed by atoms with van der Waals surface area (Å²) in [7, 11) is 0. The minimum atomic E-state index is -0.812. The Kier molecular flexibility index (Phi) is 6.48. The lowest BCUT2D eigenvalue weighted by Crippen LogP contribution is -2.34. The molecule has 2 amide bonds. The first-order valence-electron chi connectivity index (χ1n) is 8.27. The van der Waals surface area contributed by atoms with E-state index in [1.54, 1.807) is 51.1 Å². The van der Waals surface area contributed by atoms with Gasteiger partial charge in [-0.1, -0.05) is 18.2 Å². The van der Waals surface area contributed by atoms with Gasteiger partial charge in [-0.15, -0.1) is 0 Å². The SMILES string of the molecule is CCOC(=O)c1c(C)[nH]c(C(=O)OCC(=O)NC(=O)c2ccccc2)c1C. The summed E-state index contributed by atoms with van der Waals surface area (Å²) >= 11 is 0. The van der Waals surface area contributed by atoms with E-state index in [1.807, 2.05) is 0 Å². The maximum atomic E-state index is 12.2. The Morgan fingerprint density at radius 2 is 1.67 bits per heavy atom. The van der Waals surface area contributed by atoms with E-state index in [0.29, 0.717) is 16.8 Å². The van der Waals surface area contributed by atoms with Crippen molar-refractivity contribution in [2.45, 2.75) is 20.8 Å². The number of esters is 2. The van der Waals surface area contributed by atoms with Crippen LogP contribution in [-0.2, 0) is 14.3 Å². The second kappa shape index (κ2) is 8.79. The molecule has 8 heteroatoms. The molecular formula is C19H20N2O6. The third-order valence-electron chi connectivity index (χ3n) is 3.74. The third-order valence-corrected chi connectivity index (χ3v) is 3.74. The van der Waals surface area contributed by atoms with E-state index >= 15 is 0 Å². The van der Waals surface area contributed by atoms with Gasteiger partial charge < -0.3 is 14.5 Å². The van der Waals surface area contributed by atoms with Gasteiger partial charge in [-0.2, -0.15) is 0 Å². The van der Waals surface area contributed by atoms with Gasteiger partial charge in [0, 0.05) is 11.3 Å². The van der Waals surface area contributed by atoms with Crippen molar-refractivity contribution in [3.05, 3.63) is 58.4 Å². The zero-order valence-electron chi connectivity index (χ0n) is 15.3. The van der Waals surface area contributed by atoms with Crippen molar-refractivity contribution in [2.24, 2.45) is 0 Å². The fraction of sp³-hybridized carbons (Fsp3) is 0.263. The van der Waals surface area contributed by atoms with E-state index < -0.39 is 30.4 Å². The van der Waals surface area contributed by atoms with E-state index in [1.165, 1.54) is 0 Å². The van der Waals surface area contributed by atoms with E-state index in [2.05, 4.69) is 10.3 Å². The Morgan fingerprint density at radius 3 is 2.30 bits per heavy atom. The summed E-state index contributed by atoms with van der Waals surface area (Å²) in [5, 5.41) is 2.13. The number of H-pyrrole nitrogens is 1. The van der Waals surface area contributed by atoms with Crippen molar-refractivity contribution >= 4 is 23.8 Å². The van der Waals surface area contributed by atoms with Crippen LogP contribution in [0.25, 0.3) is 0 Å². The summed E-state index contributed by atoms with van der Waals surface area (Å²) in [6.07, 6.45) is 0. The van der Waals surface area contributed by atoms with Crippen LogP contribution in [0.3, 0.4) is 0 Å². The van der Waals surface area contributed by atoms with Crippen molar-refractivity contribution in [3.8, 4) is 0 Å². The highest BCUT2D eigenvalue weighted by Gasteiger charge is 2.24. The number of carbonyl (C=O) groups is 4. The molecule has 0 spiro atoms. The summed E-state index contributed by atoms with van der Waals surface area (Å²) in [5.41, 5.74) is 1.45. The Balaban J connectivity index is 1.98. The van der Waals surface area contributed by atoms with Crippen LogP contribution in [0.2, 0.25) is 0 Å². The number of nitrogens with one attached hydrogen (secondary N) is 2. The molecule has 0 aliphatic rings. The van der Waals surface area contributed by atoms with Crippen LogP contribution in [0.4, 0.5) is 0 Å². The van der Waals surface area contributed by atoms with Crippen molar-refractivity contribution in [2.75, 3.05) is 13.2 Å². The van der Waals surface area contributed by atoms with E-state index in [4.69, 9.17) is 9.47 Å². The average Bonchev–Trinajstić information content (AvgIpc) is 2.95. The molecule has 2 aromatic rings. The van der Waals surface area contributed by atoms with Gasteiger partial charge in [0.05, 0.1) is 12.2 Å². The molecule has 2 N–H and O–H groups in total. The van der Waals surface area contributed by atoms with Gasteiger partial charge in [0.1, 0.15) is 5.69 Å². The van der Waals surface area contributed by atoms with Gasteiger partial charge in [-0.3, -0.25) is 14.9 Å². The molecule has 0 fully saturated rings. The average molecular weight is 372 g/mol. The molecule has 0 unspecified atom stereocenters. The fourth-order valence-electron chi connectivity index (χ4n) is 2.49. The highest BCUT2D eigenvalue weighted by Crippen LogP contribution is 2.19. The number of hydrogen-bond acceptors (Lipinski definition) is 6. The van der Waals surface area contributed by atoms with Crippen LogP contribution in [-0.4, -0.2) is 42.0 Å². The lowest BCUT2D eigenvalue weighted by Gasteiger charge is -2.06. The maximum Gasteiger partial charge on any atom is 0.355 e. The second-order valence-corrected chi connectivity index (χ2v) is 5.66. The number of rotatable bonds is 6. The Bertz CT molecular complexity index is 870. The molecule has 0 aliphatic heterocycles. The van der Waals surface area contributed by atoms with Crippen molar-refractivity contribution in [1.82, 2.24) is 10.3 Å². The number of benzene rings is 1. The zero-order valence-corrected chi connectivity index (χ0v) is 15.3. The van der Waals surface area contributed by atoms with E-state index in [9.17, 15) is 19.2 Å². The van der Waals surface area contributed by atoms with Crippen LogP contribution >= 0.6 is 0 Å². The molecule has 0 saturated heterocycles. The minimum absolute atomic E-state index is 0.0535. The number of ether oxygens (including phenoxy) is 2. The standard InChI is InChI=1S/C19H20N2O6/c1-4-26-18(24)15-11(2)16(20-12(15)3)19(25)27-10-14(22)21-17(23)13-8-6-5-7-9-13/h5-9,20H,4,10H2,1-3H3,(H,21,22,23). The topological polar surface area (TPSA) is 115 Å². The Morgan fingerprint density at radius 1 is 1.00 bits per heavy atom. The molecule has 0 saturated carbocycles. The first-order valence-corrected chi connectivity index (χ1v) is 8.27. The Labute approximate surface area is 155 Å². The maximum absolute atomic E-state index is 12.2. The lowest BCUT2D eigenvalue weighted by atomic mass is 10.1. The van der Waals surface area contributed by atoms with Crippen LogP contribution in [0.15, 0.2) is 30.3 Å². The highest BCUT2D eigenvalue weighted by molar-refractivity contribution is 6.05. The monoisotopic (exact) mass is 372 g/mol. The predicted molar refractivity (Wildman–Crippen MR) is 95.4 cm³/mol. The highest BCUT2D eigenvalue weighted by atomic mass is 16.5. The first-order chi connectivity index (χ1) is 12.8. The summed E-state index contributed by atoms with van der Waals surface area (Å²) < 4.78 is 9.88. The number of aromatic nitrogens is 1. The number of amides is 2. The van der Waals surface area contributed by atoms with Crippen molar-refractivity contribution in [1.29, 1.82) is 0 Å².